The van der Waals surface area contributed by atoms with Gasteiger partial charge in [-0.25, -0.2) is 0 Å². The molecule has 4 atom stereocenters. The molecule has 0 aromatic heterocycles. The Balaban J connectivity index is 0.000000507. The molecule has 0 spiro atoms. The van der Waals surface area contributed by atoms with Crippen molar-refractivity contribution in [2.75, 3.05) is 6.61 Å². The molecule has 12 heteroatoms. The zero-order valence-corrected chi connectivity index (χ0v) is 20.5. The van der Waals surface area contributed by atoms with Gasteiger partial charge >= 0.3 is 70.4 Å². The van der Waals surface area contributed by atoms with E-state index in [0.717, 1.165) is 0 Å². The molecular weight excluding hydrogens is 406 g/mol. The van der Waals surface area contributed by atoms with Crippen molar-refractivity contribution in [1.29, 1.82) is 0 Å². The summed E-state index contributed by atoms with van der Waals surface area (Å²) in [5, 5.41) is 8.83. The number of carboxylic acid groups (broad SMARTS) is 1. The summed E-state index contributed by atoms with van der Waals surface area (Å²) in [6.07, 6.45) is 0.998. The SMILES string of the molecule is CC1(C)OB([C@H]2C[C@@H]2C(=O)O)OC1(C)C.CCOC(=O)[C@H]1C[C@@H]1[BH-](F)F.F.[K+]. The molecule has 0 aromatic rings. The van der Waals surface area contributed by atoms with Crippen molar-refractivity contribution in [3.05, 3.63) is 0 Å². The Morgan fingerprint density at radius 3 is 1.96 bits per heavy atom. The number of aliphatic carboxylic acids is 1. The number of carboxylic acids is 1. The van der Waals surface area contributed by atoms with Crippen LogP contribution in [0.4, 0.5) is 13.3 Å². The van der Waals surface area contributed by atoms with Crippen LogP contribution in [0.3, 0.4) is 0 Å². The zero-order valence-electron chi connectivity index (χ0n) is 17.4. The van der Waals surface area contributed by atoms with E-state index in [1.165, 1.54) is 0 Å². The second-order valence-electron chi connectivity index (χ2n) is 8.23. The maximum absolute atomic E-state index is 11.9. The Kier molecular flexibility index (Phi) is 10.8. The first-order valence-corrected chi connectivity index (χ1v) is 9.11. The summed E-state index contributed by atoms with van der Waals surface area (Å²) >= 11 is 0. The molecule has 6 nitrogen and oxygen atoms in total. The molecular formula is C16H28B2F3KO6. The predicted molar refractivity (Wildman–Crippen MR) is 95.9 cm³/mol. The fourth-order valence-corrected chi connectivity index (χ4v) is 2.99. The van der Waals surface area contributed by atoms with Gasteiger partial charge in [0.15, 0.2) is 0 Å². The summed E-state index contributed by atoms with van der Waals surface area (Å²) in [6, 6.07) is 0. The van der Waals surface area contributed by atoms with Crippen LogP contribution >= 0.6 is 0 Å². The molecule has 3 rings (SSSR count). The van der Waals surface area contributed by atoms with Gasteiger partial charge in [0.1, 0.15) is 0 Å². The van der Waals surface area contributed by atoms with E-state index in [2.05, 4.69) is 4.74 Å². The van der Waals surface area contributed by atoms with Gasteiger partial charge in [-0.3, -0.25) is 14.3 Å². The summed E-state index contributed by atoms with van der Waals surface area (Å²) < 4.78 is 40.0. The number of carbonyl (C=O) groups excluding carboxylic acids is 1. The molecule has 1 N–H and O–H groups in total. The third-order valence-corrected chi connectivity index (χ3v) is 5.69. The molecule has 0 unspecified atom stereocenters. The minimum Gasteiger partial charge on any atom is -0.481 e. The standard InChI is InChI=1S/C10H17BO4.C6H10BF2O2.FH.K/c1-9(2)10(3,4)15-11(14-9)7-5-6(7)8(12)13;1-2-11-6(10)4-3-5(4)7(8)9;;/h6-7H,5H2,1-4H3,(H,12,13);4-5,7H,2-3H2,1H3;1H;/q;-1;;+1/t6-,7-;4-,5-;;/m00../s1. The molecule has 28 heavy (non-hydrogen) atoms. The first-order valence-electron chi connectivity index (χ1n) is 9.11. The third kappa shape index (κ3) is 6.71. The van der Waals surface area contributed by atoms with Crippen molar-refractivity contribution < 1.29 is 93.5 Å². The molecule has 3 fully saturated rings. The molecule has 156 valence electrons. The van der Waals surface area contributed by atoms with Crippen molar-refractivity contribution >= 4 is 26.3 Å². The van der Waals surface area contributed by atoms with Gasteiger partial charge in [-0.1, -0.05) is 12.2 Å². The third-order valence-electron chi connectivity index (χ3n) is 5.69. The Labute approximate surface area is 206 Å². The number of esters is 1. The second kappa shape index (κ2) is 10.6. The Hall–Kier alpha value is 0.416. The molecule has 1 aliphatic heterocycles. The predicted octanol–water partition coefficient (Wildman–Crippen LogP) is -0.191. The molecule has 0 radical (unpaired) electrons. The molecule has 1 heterocycles. The molecule has 2 aliphatic carbocycles. The number of rotatable bonds is 5. The van der Waals surface area contributed by atoms with Gasteiger partial charge in [-0.15, -0.1) is 0 Å². The number of hydrogen-bond donors (Lipinski definition) is 1. The van der Waals surface area contributed by atoms with Crippen LogP contribution in [-0.2, 0) is 23.6 Å². The van der Waals surface area contributed by atoms with Gasteiger partial charge < -0.3 is 27.8 Å². The minimum atomic E-state index is -3.09. The largest absolute Gasteiger partial charge is 1.00 e. The van der Waals surface area contributed by atoms with E-state index in [4.69, 9.17) is 14.4 Å². The topological polar surface area (TPSA) is 82.1 Å². The van der Waals surface area contributed by atoms with Gasteiger partial charge in [-0.2, -0.15) is 0 Å². The first-order chi connectivity index (χ1) is 11.9. The van der Waals surface area contributed by atoms with Gasteiger partial charge in [0.05, 0.1) is 23.7 Å². The molecule has 3 aliphatic rings. The van der Waals surface area contributed by atoms with Crippen LogP contribution in [0.2, 0.25) is 11.6 Å². The Bertz CT molecular complexity index is 550. The average Bonchev–Trinajstić information content (AvgIpc) is 3.38. The average molecular weight is 434 g/mol. The van der Waals surface area contributed by atoms with Crippen LogP contribution in [0.15, 0.2) is 0 Å². The number of hydrogen-bond acceptors (Lipinski definition) is 5. The fourth-order valence-electron chi connectivity index (χ4n) is 2.99. The van der Waals surface area contributed by atoms with Crippen molar-refractivity contribution in [3.63, 3.8) is 0 Å². The van der Waals surface area contributed by atoms with Crippen LogP contribution in [0.5, 0.6) is 0 Å². The number of ether oxygens (including phenoxy) is 1. The maximum Gasteiger partial charge on any atom is 1.00 e. The zero-order chi connectivity index (χ0) is 19.9. The number of halogens is 3. The summed E-state index contributed by atoms with van der Waals surface area (Å²) in [5.41, 5.74) is -0.716. The van der Waals surface area contributed by atoms with E-state index in [1.54, 1.807) is 6.92 Å². The number of carbonyl (C=O) groups is 2. The Morgan fingerprint density at radius 1 is 1.14 bits per heavy atom. The molecule has 0 amide bonds. The van der Waals surface area contributed by atoms with Gasteiger partial charge in [0.25, 0.3) is 7.27 Å². The van der Waals surface area contributed by atoms with Crippen LogP contribution in [0, 0.1) is 11.8 Å². The minimum absolute atomic E-state index is 0. The molecule has 0 aromatic carbocycles. The van der Waals surface area contributed by atoms with E-state index in [0.29, 0.717) is 12.8 Å². The van der Waals surface area contributed by atoms with Gasteiger partial charge in [-0.05, 0) is 41.0 Å². The van der Waals surface area contributed by atoms with Crippen LogP contribution in [0.25, 0.3) is 0 Å². The van der Waals surface area contributed by atoms with E-state index in [-0.39, 0.29) is 92.8 Å². The normalized spacial score (nSPS) is 30.9. The maximum atomic E-state index is 11.9. The van der Waals surface area contributed by atoms with E-state index in [9.17, 15) is 18.2 Å². The Morgan fingerprint density at radius 2 is 1.64 bits per heavy atom. The monoisotopic (exact) mass is 434 g/mol. The van der Waals surface area contributed by atoms with Crippen molar-refractivity contribution in [1.82, 2.24) is 0 Å². The first kappa shape index (κ1) is 28.4. The smallest absolute Gasteiger partial charge is 0.481 e. The molecule has 1 saturated heterocycles. The summed E-state index contributed by atoms with van der Waals surface area (Å²) in [4.78, 5) is 21.5. The second-order valence-corrected chi connectivity index (χ2v) is 8.23. The van der Waals surface area contributed by atoms with Crippen LogP contribution in [-0.4, -0.2) is 49.2 Å². The van der Waals surface area contributed by atoms with Gasteiger partial charge in [0, 0.05) is 11.7 Å². The quantitative estimate of drug-likeness (QED) is 0.478. The fraction of sp³-hybridized carbons (Fsp3) is 0.875. The van der Waals surface area contributed by atoms with Gasteiger partial charge in [0.2, 0.25) is 0 Å². The summed E-state index contributed by atoms with van der Waals surface area (Å²) in [7, 11) is -3.44. The van der Waals surface area contributed by atoms with E-state index in [1.807, 2.05) is 27.7 Å². The van der Waals surface area contributed by atoms with E-state index < -0.39 is 30.9 Å². The van der Waals surface area contributed by atoms with E-state index >= 15 is 0 Å². The molecule has 2 saturated carbocycles. The molecule has 0 bridgehead atoms. The van der Waals surface area contributed by atoms with Crippen molar-refractivity contribution in [2.24, 2.45) is 11.8 Å². The summed E-state index contributed by atoms with van der Waals surface area (Å²) in [6.45, 7) is 9.86. The van der Waals surface area contributed by atoms with Crippen LogP contribution in [0.1, 0.15) is 47.5 Å². The van der Waals surface area contributed by atoms with Crippen molar-refractivity contribution in [2.45, 2.75) is 70.3 Å². The van der Waals surface area contributed by atoms with Crippen molar-refractivity contribution in [3.8, 4) is 0 Å². The van der Waals surface area contributed by atoms with Crippen LogP contribution < -0.4 is 51.4 Å². The summed E-state index contributed by atoms with van der Waals surface area (Å²) in [5.74, 6) is -2.60.